The van der Waals surface area contributed by atoms with Crippen LogP contribution in [0.4, 0.5) is 0 Å². The maximum absolute atomic E-state index is 12.4. The zero-order valence-corrected chi connectivity index (χ0v) is 11.6. The number of sulfonamides is 1. The molecule has 0 aliphatic carbocycles. The summed E-state index contributed by atoms with van der Waals surface area (Å²) in [6.07, 6.45) is 5.16. The Morgan fingerprint density at radius 1 is 1.42 bits per heavy atom. The number of methoxy groups -OCH3 is 1. The molecule has 0 heterocycles. The van der Waals surface area contributed by atoms with Gasteiger partial charge in [-0.05, 0) is 12.1 Å². The van der Waals surface area contributed by atoms with Crippen LogP contribution in [0.5, 0.6) is 0 Å². The lowest BCUT2D eigenvalue weighted by Gasteiger charge is -2.19. The van der Waals surface area contributed by atoms with E-state index in [1.165, 1.54) is 19.2 Å². The second-order valence-electron chi connectivity index (χ2n) is 3.62. The number of rotatable bonds is 5. The second-order valence-corrected chi connectivity index (χ2v) is 5.53. The highest BCUT2D eigenvalue weighted by molar-refractivity contribution is 7.89. The van der Waals surface area contributed by atoms with Crippen LogP contribution in [-0.4, -0.2) is 38.9 Å². The summed E-state index contributed by atoms with van der Waals surface area (Å²) in [5, 5.41) is 0. The van der Waals surface area contributed by atoms with E-state index in [1.807, 2.05) is 0 Å². The van der Waals surface area contributed by atoms with E-state index in [9.17, 15) is 13.2 Å². The van der Waals surface area contributed by atoms with Crippen LogP contribution in [0.15, 0.2) is 29.2 Å². The van der Waals surface area contributed by atoms with Gasteiger partial charge in [-0.3, -0.25) is 0 Å². The van der Waals surface area contributed by atoms with Crippen LogP contribution in [0.1, 0.15) is 17.3 Å². The van der Waals surface area contributed by atoms with Crippen LogP contribution in [0.25, 0.3) is 0 Å². The van der Waals surface area contributed by atoms with E-state index in [1.54, 1.807) is 19.1 Å². The van der Waals surface area contributed by atoms with E-state index >= 15 is 0 Å². The SMILES string of the molecule is C#CCN(CC)S(=O)(=O)c1ccccc1C(=O)OC. The summed E-state index contributed by atoms with van der Waals surface area (Å²) in [5.41, 5.74) is 0.000437. The van der Waals surface area contributed by atoms with Crippen LogP contribution in [0.3, 0.4) is 0 Å². The van der Waals surface area contributed by atoms with E-state index in [-0.39, 0.29) is 23.5 Å². The first-order valence-corrected chi connectivity index (χ1v) is 7.04. The van der Waals surface area contributed by atoms with E-state index in [0.29, 0.717) is 0 Å². The van der Waals surface area contributed by atoms with E-state index in [2.05, 4.69) is 10.7 Å². The molecule has 0 N–H and O–H groups in total. The molecule has 0 atom stereocenters. The van der Waals surface area contributed by atoms with Crippen molar-refractivity contribution in [1.29, 1.82) is 0 Å². The summed E-state index contributed by atoms with van der Waals surface area (Å²) in [5.74, 6) is 1.59. The number of ether oxygens (including phenoxy) is 1. The Bertz CT molecular complexity index is 601. The van der Waals surface area contributed by atoms with E-state index in [4.69, 9.17) is 6.42 Å². The average molecular weight is 281 g/mol. The fourth-order valence-corrected chi connectivity index (χ4v) is 3.12. The van der Waals surface area contributed by atoms with Crippen molar-refractivity contribution in [2.24, 2.45) is 0 Å². The Morgan fingerprint density at radius 2 is 2.05 bits per heavy atom. The number of hydrogen-bond acceptors (Lipinski definition) is 4. The Kier molecular flexibility index (Phi) is 5.10. The molecule has 5 nitrogen and oxygen atoms in total. The van der Waals surface area contributed by atoms with Crippen LogP contribution in [0.2, 0.25) is 0 Å². The average Bonchev–Trinajstić information content (AvgIpc) is 2.43. The highest BCUT2D eigenvalue weighted by Gasteiger charge is 2.27. The molecular weight excluding hydrogens is 266 g/mol. The molecule has 0 bridgehead atoms. The zero-order valence-electron chi connectivity index (χ0n) is 10.8. The van der Waals surface area contributed by atoms with Crippen LogP contribution < -0.4 is 0 Å². The number of benzene rings is 1. The van der Waals surface area contributed by atoms with Gasteiger partial charge >= 0.3 is 5.97 Å². The van der Waals surface area contributed by atoms with Gasteiger partial charge in [0.15, 0.2) is 0 Å². The summed E-state index contributed by atoms with van der Waals surface area (Å²) in [4.78, 5) is 11.5. The molecule has 19 heavy (non-hydrogen) atoms. The Labute approximate surface area is 113 Å². The van der Waals surface area contributed by atoms with Crippen molar-refractivity contribution in [3.05, 3.63) is 29.8 Å². The first kappa shape index (κ1) is 15.2. The van der Waals surface area contributed by atoms with E-state index in [0.717, 1.165) is 4.31 Å². The highest BCUT2D eigenvalue weighted by Crippen LogP contribution is 2.20. The highest BCUT2D eigenvalue weighted by atomic mass is 32.2. The van der Waals surface area contributed by atoms with Crippen molar-refractivity contribution in [1.82, 2.24) is 4.31 Å². The molecule has 6 heteroatoms. The van der Waals surface area contributed by atoms with Crippen molar-refractivity contribution in [2.75, 3.05) is 20.2 Å². The maximum atomic E-state index is 12.4. The van der Waals surface area contributed by atoms with Gasteiger partial charge in [0.25, 0.3) is 0 Å². The monoisotopic (exact) mass is 281 g/mol. The fraction of sp³-hybridized carbons (Fsp3) is 0.308. The molecule has 0 radical (unpaired) electrons. The third kappa shape index (κ3) is 3.13. The number of esters is 1. The lowest BCUT2D eigenvalue weighted by atomic mass is 10.2. The zero-order chi connectivity index (χ0) is 14.5. The smallest absolute Gasteiger partial charge is 0.339 e. The molecule has 1 rings (SSSR count). The van der Waals surface area contributed by atoms with Crippen molar-refractivity contribution in [3.8, 4) is 12.3 Å². The minimum Gasteiger partial charge on any atom is -0.465 e. The van der Waals surface area contributed by atoms with Crippen molar-refractivity contribution in [2.45, 2.75) is 11.8 Å². The van der Waals surface area contributed by atoms with Gasteiger partial charge in [-0.15, -0.1) is 6.42 Å². The molecule has 0 fully saturated rings. The third-order valence-electron chi connectivity index (χ3n) is 2.53. The normalized spacial score (nSPS) is 11.1. The molecule has 0 unspecified atom stereocenters. The molecule has 0 amide bonds. The summed E-state index contributed by atoms with van der Waals surface area (Å²) >= 11 is 0. The minimum atomic E-state index is -3.81. The predicted octanol–water partition coefficient (Wildman–Crippen LogP) is 1.12. The second kappa shape index (κ2) is 6.36. The maximum Gasteiger partial charge on any atom is 0.339 e. The Morgan fingerprint density at radius 3 is 2.58 bits per heavy atom. The van der Waals surface area contributed by atoms with Gasteiger partial charge in [-0.2, -0.15) is 4.31 Å². The molecule has 1 aromatic rings. The molecule has 0 saturated heterocycles. The first-order chi connectivity index (χ1) is 8.98. The van der Waals surface area contributed by atoms with Crippen LogP contribution in [-0.2, 0) is 14.8 Å². The number of nitrogens with zero attached hydrogens (tertiary/aromatic N) is 1. The van der Waals surface area contributed by atoms with Gasteiger partial charge in [0.2, 0.25) is 10.0 Å². The standard InChI is InChI=1S/C13H15NO4S/c1-4-10-14(5-2)19(16,17)12-9-7-6-8-11(12)13(15)18-3/h1,6-9H,5,10H2,2-3H3. The van der Waals surface area contributed by atoms with Crippen molar-refractivity contribution in [3.63, 3.8) is 0 Å². The largest absolute Gasteiger partial charge is 0.465 e. The molecule has 0 aliphatic heterocycles. The number of carbonyl (C=O) groups is 1. The number of hydrogen-bond donors (Lipinski definition) is 0. The summed E-state index contributed by atoms with van der Waals surface area (Å²) < 4.78 is 30.5. The summed E-state index contributed by atoms with van der Waals surface area (Å²) in [6, 6.07) is 5.88. The Hall–Kier alpha value is -1.84. The summed E-state index contributed by atoms with van der Waals surface area (Å²) in [6.45, 7) is 1.85. The Balaban J connectivity index is 3.37. The summed E-state index contributed by atoms with van der Waals surface area (Å²) in [7, 11) is -2.61. The van der Waals surface area contributed by atoms with Gasteiger partial charge in [-0.1, -0.05) is 25.0 Å². The third-order valence-corrected chi connectivity index (χ3v) is 4.51. The lowest BCUT2D eigenvalue weighted by Crippen LogP contribution is -2.32. The van der Waals surface area contributed by atoms with Crippen LogP contribution >= 0.6 is 0 Å². The molecule has 102 valence electrons. The van der Waals surface area contributed by atoms with Crippen molar-refractivity contribution >= 4 is 16.0 Å². The molecule has 1 aromatic carbocycles. The van der Waals surface area contributed by atoms with Gasteiger partial charge in [0.1, 0.15) is 0 Å². The fourth-order valence-electron chi connectivity index (χ4n) is 1.58. The van der Waals surface area contributed by atoms with Gasteiger partial charge in [0.05, 0.1) is 24.1 Å². The van der Waals surface area contributed by atoms with Gasteiger partial charge in [0, 0.05) is 6.54 Å². The van der Waals surface area contributed by atoms with Gasteiger partial charge in [-0.25, -0.2) is 13.2 Å². The minimum absolute atomic E-state index is 0.000437. The van der Waals surface area contributed by atoms with E-state index < -0.39 is 16.0 Å². The lowest BCUT2D eigenvalue weighted by molar-refractivity contribution is 0.0596. The molecule has 0 saturated carbocycles. The quantitative estimate of drug-likeness (QED) is 0.599. The first-order valence-electron chi connectivity index (χ1n) is 5.60. The van der Waals surface area contributed by atoms with Crippen molar-refractivity contribution < 1.29 is 17.9 Å². The van der Waals surface area contributed by atoms with Gasteiger partial charge < -0.3 is 4.74 Å². The molecule has 0 spiro atoms. The molecule has 0 aromatic heterocycles. The predicted molar refractivity (Wildman–Crippen MR) is 71.0 cm³/mol. The van der Waals surface area contributed by atoms with Crippen LogP contribution in [0, 0.1) is 12.3 Å². The molecule has 0 aliphatic rings. The number of terminal acetylenes is 1. The topological polar surface area (TPSA) is 63.7 Å². The molecular formula is C13H15NO4S. The number of carbonyl (C=O) groups excluding carboxylic acids is 1.